The van der Waals surface area contributed by atoms with Crippen LogP contribution in [0.1, 0.15) is 11.4 Å². The minimum Gasteiger partial charge on any atom is -0.361 e. The van der Waals surface area contributed by atoms with Gasteiger partial charge in [-0.1, -0.05) is 6.07 Å². The zero-order chi connectivity index (χ0) is 14.7. The van der Waals surface area contributed by atoms with Gasteiger partial charge in [0.25, 0.3) is 0 Å². The molecule has 0 aromatic carbocycles. The van der Waals surface area contributed by atoms with Gasteiger partial charge in [-0.05, 0) is 19.1 Å². The van der Waals surface area contributed by atoms with E-state index < -0.39 is 0 Å². The highest BCUT2D eigenvalue weighted by Gasteiger charge is 2.10. The molecule has 5 nitrogen and oxygen atoms in total. The lowest BCUT2D eigenvalue weighted by Gasteiger charge is -2.01. The molecule has 0 bridgehead atoms. The fraction of sp³-hybridized carbons (Fsp3) is 0.267. The van der Waals surface area contributed by atoms with Gasteiger partial charge in [0.15, 0.2) is 5.13 Å². The summed E-state index contributed by atoms with van der Waals surface area (Å²) in [5.74, 6) is 0. The number of nitrogens with zero attached hydrogens (tertiary/aromatic N) is 4. The summed E-state index contributed by atoms with van der Waals surface area (Å²) in [5.41, 5.74) is 4.16. The normalized spacial score (nSPS) is 10.8. The number of hydrogen-bond donors (Lipinski definition) is 1. The first-order chi connectivity index (χ1) is 10.2. The average Bonchev–Trinajstić information content (AvgIpc) is 3.06. The first-order valence-corrected chi connectivity index (χ1v) is 7.70. The van der Waals surface area contributed by atoms with Crippen LogP contribution in [0.2, 0.25) is 0 Å². The first kappa shape index (κ1) is 13.8. The molecule has 108 valence electrons. The van der Waals surface area contributed by atoms with E-state index in [-0.39, 0.29) is 0 Å². The van der Waals surface area contributed by atoms with Crippen LogP contribution < -0.4 is 5.32 Å². The van der Waals surface area contributed by atoms with Crippen molar-refractivity contribution in [3.63, 3.8) is 0 Å². The molecule has 3 aromatic heterocycles. The van der Waals surface area contributed by atoms with Crippen molar-refractivity contribution in [1.82, 2.24) is 19.7 Å². The number of rotatable bonds is 5. The number of aromatic nitrogens is 4. The second kappa shape index (κ2) is 6.05. The monoisotopic (exact) mass is 299 g/mol. The van der Waals surface area contributed by atoms with E-state index in [4.69, 9.17) is 0 Å². The number of aryl methyl sites for hydroxylation is 2. The Morgan fingerprint density at radius 3 is 2.95 bits per heavy atom. The molecule has 21 heavy (non-hydrogen) atoms. The number of anilines is 1. The van der Waals surface area contributed by atoms with Gasteiger partial charge in [0.05, 0.1) is 11.4 Å². The third-order valence-electron chi connectivity index (χ3n) is 3.18. The molecule has 3 heterocycles. The van der Waals surface area contributed by atoms with Crippen molar-refractivity contribution < 1.29 is 0 Å². The molecule has 3 rings (SSSR count). The van der Waals surface area contributed by atoms with Crippen molar-refractivity contribution in [2.75, 3.05) is 11.9 Å². The summed E-state index contributed by atoms with van der Waals surface area (Å²) in [5, 5.41) is 10.7. The number of hydrogen-bond acceptors (Lipinski definition) is 5. The van der Waals surface area contributed by atoms with E-state index in [1.54, 1.807) is 11.3 Å². The van der Waals surface area contributed by atoms with Crippen LogP contribution in [0.25, 0.3) is 11.3 Å². The lowest BCUT2D eigenvalue weighted by molar-refractivity contribution is 0.756. The molecule has 0 radical (unpaired) electrons. The molecule has 0 spiro atoms. The maximum absolute atomic E-state index is 4.62. The topological polar surface area (TPSA) is 55.6 Å². The Hall–Kier alpha value is -2.21. The Balaban J connectivity index is 1.62. The molecule has 0 fully saturated rings. The molecule has 0 aliphatic rings. The second-order valence-electron chi connectivity index (χ2n) is 4.84. The lowest BCUT2D eigenvalue weighted by atomic mass is 10.2. The SMILES string of the molecule is Cc1nn(C)cc1-c1csc(NCCc2ccccn2)n1. The largest absolute Gasteiger partial charge is 0.361 e. The van der Waals surface area contributed by atoms with Crippen LogP contribution in [-0.4, -0.2) is 26.3 Å². The fourth-order valence-electron chi connectivity index (χ4n) is 2.17. The second-order valence-corrected chi connectivity index (χ2v) is 5.70. The zero-order valence-corrected chi connectivity index (χ0v) is 12.9. The highest BCUT2D eigenvalue weighted by molar-refractivity contribution is 7.14. The number of pyridine rings is 1. The smallest absolute Gasteiger partial charge is 0.183 e. The van der Waals surface area contributed by atoms with Crippen molar-refractivity contribution in [1.29, 1.82) is 0 Å². The third kappa shape index (κ3) is 3.28. The van der Waals surface area contributed by atoms with Gasteiger partial charge < -0.3 is 5.32 Å². The summed E-state index contributed by atoms with van der Waals surface area (Å²) >= 11 is 1.62. The molecule has 1 N–H and O–H groups in total. The van der Waals surface area contributed by atoms with E-state index in [0.29, 0.717) is 0 Å². The predicted octanol–water partition coefficient (Wildman–Crippen LogP) is 2.90. The number of nitrogens with one attached hydrogen (secondary N) is 1. The Labute approximate surface area is 127 Å². The molecule has 0 saturated heterocycles. The van der Waals surface area contributed by atoms with Crippen LogP contribution in [0.4, 0.5) is 5.13 Å². The maximum Gasteiger partial charge on any atom is 0.183 e. The van der Waals surface area contributed by atoms with E-state index >= 15 is 0 Å². The Morgan fingerprint density at radius 2 is 2.24 bits per heavy atom. The van der Waals surface area contributed by atoms with Gasteiger partial charge in [0.1, 0.15) is 0 Å². The van der Waals surface area contributed by atoms with Gasteiger partial charge in [-0.25, -0.2) is 4.98 Å². The molecule has 3 aromatic rings. The molecule has 0 saturated carbocycles. The van der Waals surface area contributed by atoms with Gasteiger partial charge in [-0.3, -0.25) is 9.67 Å². The van der Waals surface area contributed by atoms with Crippen LogP contribution in [0.15, 0.2) is 36.0 Å². The molecule has 0 atom stereocenters. The molecule has 0 unspecified atom stereocenters. The average molecular weight is 299 g/mol. The molecule has 6 heteroatoms. The van der Waals surface area contributed by atoms with Crippen LogP contribution in [-0.2, 0) is 13.5 Å². The highest BCUT2D eigenvalue weighted by Crippen LogP contribution is 2.26. The van der Waals surface area contributed by atoms with Gasteiger partial charge in [0, 0.05) is 49.0 Å². The maximum atomic E-state index is 4.62. The standard InChI is InChI=1S/C15H17N5S/c1-11-13(9-20(2)19-11)14-10-21-15(18-14)17-8-6-12-5-3-4-7-16-12/h3-5,7,9-10H,6,8H2,1-2H3,(H,17,18). The van der Waals surface area contributed by atoms with E-state index in [0.717, 1.165) is 40.7 Å². The van der Waals surface area contributed by atoms with Crippen LogP contribution >= 0.6 is 11.3 Å². The van der Waals surface area contributed by atoms with Crippen molar-refractivity contribution in [2.24, 2.45) is 7.05 Å². The summed E-state index contributed by atoms with van der Waals surface area (Å²) in [6, 6.07) is 5.98. The summed E-state index contributed by atoms with van der Waals surface area (Å²) in [4.78, 5) is 8.93. The fourth-order valence-corrected chi connectivity index (χ4v) is 2.91. The summed E-state index contributed by atoms with van der Waals surface area (Å²) in [7, 11) is 1.93. The Bertz CT molecular complexity index is 717. The van der Waals surface area contributed by atoms with E-state index in [2.05, 4.69) is 25.8 Å². The Morgan fingerprint density at radius 1 is 1.33 bits per heavy atom. The summed E-state index contributed by atoms with van der Waals surface area (Å²) < 4.78 is 1.82. The van der Waals surface area contributed by atoms with Crippen LogP contribution in [0.3, 0.4) is 0 Å². The van der Waals surface area contributed by atoms with E-state index in [1.165, 1.54) is 0 Å². The minimum absolute atomic E-state index is 0.829. The zero-order valence-electron chi connectivity index (χ0n) is 12.1. The predicted molar refractivity (Wildman–Crippen MR) is 85.5 cm³/mol. The van der Waals surface area contributed by atoms with E-state index in [1.807, 2.05) is 49.2 Å². The van der Waals surface area contributed by atoms with Crippen molar-refractivity contribution in [3.8, 4) is 11.3 Å². The van der Waals surface area contributed by atoms with Gasteiger partial charge in [0.2, 0.25) is 0 Å². The summed E-state index contributed by atoms with van der Waals surface area (Å²) in [6.07, 6.45) is 4.71. The first-order valence-electron chi connectivity index (χ1n) is 6.82. The molecule has 0 aliphatic carbocycles. The molecular weight excluding hydrogens is 282 g/mol. The minimum atomic E-state index is 0.829. The van der Waals surface area contributed by atoms with Gasteiger partial charge in [-0.15, -0.1) is 11.3 Å². The Kier molecular flexibility index (Phi) is 3.96. The molecule has 0 amide bonds. The van der Waals surface area contributed by atoms with E-state index in [9.17, 15) is 0 Å². The van der Waals surface area contributed by atoms with Crippen LogP contribution in [0, 0.1) is 6.92 Å². The molecular formula is C15H17N5S. The van der Waals surface area contributed by atoms with Crippen molar-refractivity contribution in [2.45, 2.75) is 13.3 Å². The highest BCUT2D eigenvalue weighted by atomic mass is 32.1. The lowest BCUT2D eigenvalue weighted by Crippen LogP contribution is -2.05. The van der Waals surface area contributed by atoms with Crippen molar-refractivity contribution in [3.05, 3.63) is 47.4 Å². The molecule has 0 aliphatic heterocycles. The quantitative estimate of drug-likeness (QED) is 0.787. The third-order valence-corrected chi connectivity index (χ3v) is 3.98. The summed E-state index contributed by atoms with van der Waals surface area (Å²) in [6.45, 7) is 2.83. The van der Waals surface area contributed by atoms with Crippen LogP contribution in [0.5, 0.6) is 0 Å². The van der Waals surface area contributed by atoms with Gasteiger partial charge in [-0.2, -0.15) is 5.10 Å². The number of thiazole rings is 1. The van der Waals surface area contributed by atoms with Crippen molar-refractivity contribution >= 4 is 16.5 Å². The van der Waals surface area contributed by atoms with Gasteiger partial charge >= 0.3 is 0 Å².